The zero-order chi connectivity index (χ0) is 13.0. The van der Waals surface area contributed by atoms with Crippen molar-refractivity contribution in [2.45, 2.75) is 13.5 Å². The summed E-state index contributed by atoms with van der Waals surface area (Å²) in [6.07, 6.45) is 5.23. The predicted octanol–water partition coefficient (Wildman–Crippen LogP) is 3.06. The Hall–Kier alpha value is -1.46. The van der Waals surface area contributed by atoms with Crippen molar-refractivity contribution in [1.82, 2.24) is 15.3 Å². The van der Waals surface area contributed by atoms with Crippen molar-refractivity contribution >= 4 is 15.9 Å². The maximum atomic E-state index is 5.85. The van der Waals surface area contributed by atoms with E-state index >= 15 is 0 Å². The van der Waals surface area contributed by atoms with Crippen LogP contribution in [0.1, 0.15) is 11.3 Å². The van der Waals surface area contributed by atoms with Gasteiger partial charge in [-0.25, -0.2) is 0 Å². The largest absolute Gasteiger partial charge is 0.455 e. The number of pyridine rings is 2. The fourth-order valence-electron chi connectivity index (χ4n) is 1.56. The normalized spacial score (nSPS) is 10.4. The van der Waals surface area contributed by atoms with Crippen LogP contribution in [0.3, 0.4) is 0 Å². The van der Waals surface area contributed by atoms with Gasteiger partial charge < -0.3 is 10.1 Å². The molecular formula is C13H14BrN3O. The van der Waals surface area contributed by atoms with Gasteiger partial charge >= 0.3 is 0 Å². The summed E-state index contributed by atoms with van der Waals surface area (Å²) >= 11 is 3.37. The quantitative estimate of drug-likeness (QED) is 0.943. The van der Waals surface area contributed by atoms with Gasteiger partial charge in [0.1, 0.15) is 11.5 Å². The van der Waals surface area contributed by atoms with Crippen LogP contribution in [0.2, 0.25) is 0 Å². The minimum Gasteiger partial charge on any atom is -0.455 e. The molecule has 1 N–H and O–H groups in total. The topological polar surface area (TPSA) is 47.0 Å². The van der Waals surface area contributed by atoms with Crippen LogP contribution in [-0.2, 0) is 6.54 Å². The molecule has 0 aromatic carbocycles. The molecule has 0 unspecified atom stereocenters. The van der Waals surface area contributed by atoms with Crippen molar-refractivity contribution in [1.29, 1.82) is 0 Å². The lowest BCUT2D eigenvalue weighted by Crippen LogP contribution is -2.07. The molecule has 2 aromatic rings. The van der Waals surface area contributed by atoms with Crippen molar-refractivity contribution < 1.29 is 4.74 Å². The van der Waals surface area contributed by atoms with Gasteiger partial charge in [0.2, 0.25) is 0 Å². The Labute approximate surface area is 115 Å². The average Bonchev–Trinajstić information content (AvgIpc) is 2.33. The molecule has 2 aromatic heterocycles. The highest BCUT2D eigenvalue weighted by molar-refractivity contribution is 9.10. The lowest BCUT2D eigenvalue weighted by atomic mass is 10.2. The smallest absolute Gasteiger partial charge is 0.146 e. The number of aromatic nitrogens is 2. The fraction of sp³-hybridized carbons (Fsp3) is 0.231. The lowest BCUT2D eigenvalue weighted by Gasteiger charge is -2.11. The Balaban J connectivity index is 2.29. The molecule has 0 aliphatic rings. The van der Waals surface area contributed by atoms with E-state index in [1.165, 1.54) is 0 Å². The lowest BCUT2D eigenvalue weighted by molar-refractivity contribution is 0.470. The number of halogens is 1. The minimum atomic E-state index is 0.701. The number of aryl methyl sites for hydroxylation is 1. The number of hydrogen-bond donors (Lipinski definition) is 1. The van der Waals surface area contributed by atoms with Crippen LogP contribution in [0.4, 0.5) is 0 Å². The maximum Gasteiger partial charge on any atom is 0.146 e. The molecule has 0 atom stereocenters. The molecule has 2 rings (SSSR count). The van der Waals surface area contributed by atoms with Crippen LogP contribution >= 0.6 is 15.9 Å². The molecule has 5 heteroatoms. The van der Waals surface area contributed by atoms with E-state index in [0.29, 0.717) is 12.3 Å². The van der Waals surface area contributed by atoms with Gasteiger partial charge in [-0.15, -0.1) is 0 Å². The van der Waals surface area contributed by atoms with Gasteiger partial charge in [-0.05, 0) is 36.0 Å². The molecule has 0 radical (unpaired) electrons. The van der Waals surface area contributed by atoms with Gasteiger partial charge in [0.05, 0.1) is 6.20 Å². The van der Waals surface area contributed by atoms with Crippen LogP contribution in [0, 0.1) is 6.92 Å². The van der Waals surface area contributed by atoms with E-state index in [-0.39, 0.29) is 0 Å². The second-order valence-electron chi connectivity index (χ2n) is 3.90. The summed E-state index contributed by atoms with van der Waals surface area (Å²) in [6, 6.07) is 3.81. The Morgan fingerprint density at radius 3 is 2.83 bits per heavy atom. The zero-order valence-corrected chi connectivity index (χ0v) is 11.9. The fourth-order valence-corrected chi connectivity index (χ4v) is 1.90. The maximum absolute atomic E-state index is 5.85. The van der Waals surface area contributed by atoms with E-state index in [1.54, 1.807) is 12.4 Å². The zero-order valence-electron chi connectivity index (χ0n) is 10.3. The molecule has 4 nitrogen and oxygen atoms in total. The number of nitrogens with one attached hydrogen (secondary N) is 1. The highest BCUT2D eigenvalue weighted by Crippen LogP contribution is 2.26. The highest BCUT2D eigenvalue weighted by atomic mass is 79.9. The first-order chi connectivity index (χ1) is 8.69. The van der Waals surface area contributed by atoms with E-state index in [4.69, 9.17) is 4.74 Å². The van der Waals surface area contributed by atoms with E-state index in [1.807, 2.05) is 32.3 Å². The molecule has 2 heterocycles. The van der Waals surface area contributed by atoms with Crippen molar-refractivity contribution in [2.75, 3.05) is 7.05 Å². The molecule has 0 fully saturated rings. The Kier molecular flexibility index (Phi) is 4.28. The molecule has 18 heavy (non-hydrogen) atoms. The van der Waals surface area contributed by atoms with Crippen LogP contribution in [0.5, 0.6) is 11.5 Å². The Morgan fingerprint density at radius 1 is 1.28 bits per heavy atom. The molecule has 94 valence electrons. The van der Waals surface area contributed by atoms with Gasteiger partial charge in [-0.2, -0.15) is 0 Å². The van der Waals surface area contributed by atoms with Gasteiger partial charge in [0.25, 0.3) is 0 Å². The minimum absolute atomic E-state index is 0.701. The van der Waals surface area contributed by atoms with E-state index in [2.05, 4.69) is 31.2 Å². The first kappa shape index (κ1) is 13.0. The first-order valence-electron chi connectivity index (χ1n) is 5.57. The second-order valence-corrected chi connectivity index (χ2v) is 4.82. The average molecular weight is 308 g/mol. The second kappa shape index (κ2) is 5.93. The molecule has 0 spiro atoms. The number of rotatable bonds is 4. The Bertz CT molecular complexity index is 546. The predicted molar refractivity (Wildman–Crippen MR) is 73.7 cm³/mol. The summed E-state index contributed by atoms with van der Waals surface area (Å²) in [5.41, 5.74) is 1.94. The Morgan fingerprint density at radius 2 is 2.11 bits per heavy atom. The van der Waals surface area contributed by atoms with Gasteiger partial charge in [0, 0.05) is 40.7 Å². The van der Waals surface area contributed by atoms with Crippen LogP contribution < -0.4 is 10.1 Å². The van der Waals surface area contributed by atoms with Crippen LogP contribution in [-0.4, -0.2) is 17.0 Å². The van der Waals surface area contributed by atoms with Crippen molar-refractivity contribution in [3.05, 3.63) is 46.5 Å². The standard InChI is InChI=1S/C13H14BrN3O/c1-9-3-13(10(5-15-2)6-17-9)18-12-4-11(14)7-16-8-12/h3-4,6-8,15H,5H2,1-2H3. The molecule has 0 aliphatic carbocycles. The monoisotopic (exact) mass is 307 g/mol. The third-order valence-electron chi connectivity index (χ3n) is 2.36. The SMILES string of the molecule is CNCc1cnc(C)cc1Oc1cncc(Br)c1. The van der Waals surface area contributed by atoms with Crippen molar-refractivity contribution in [3.63, 3.8) is 0 Å². The summed E-state index contributed by atoms with van der Waals surface area (Å²) < 4.78 is 6.74. The number of hydrogen-bond acceptors (Lipinski definition) is 4. The highest BCUT2D eigenvalue weighted by Gasteiger charge is 2.06. The van der Waals surface area contributed by atoms with E-state index < -0.39 is 0 Å². The summed E-state index contributed by atoms with van der Waals surface area (Å²) in [5, 5.41) is 3.10. The van der Waals surface area contributed by atoms with Crippen LogP contribution in [0.15, 0.2) is 35.2 Å². The summed E-state index contributed by atoms with van der Waals surface area (Å²) in [5.74, 6) is 1.50. The summed E-state index contributed by atoms with van der Waals surface area (Å²) in [7, 11) is 1.89. The van der Waals surface area contributed by atoms with Gasteiger partial charge in [-0.3, -0.25) is 9.97 Å². The molecular weight excluding hydrogens is 294 g/mol. The molecule has 0 saturated heterocycles. The number of ether oxygens (including phenoxy) is 1. The van der Waals surface area contributed by atoms with Gasteiger partial charge in [0.15, 0.2) is 0 Å². The summed E-state index contributed by atoms with van der Waals surface area (Å²) in [6.45, 7) is 2.65. The molecule has 0 saturated carbocycles. The molecule has 0 aliphatic heterocycles. The third kappa shape index (κ3) is 3.27. The molecule has 0 bridgehead atoms. The van der Waals surface area contributed by atoms with E-state index in [9.17, 15) is 0 Å². The number of nitrogens with zero attached hydrogens (tertiary/aromatic N) is 2. The third-order valence-corrected chi connectivity index (χ3v) is 2.79. The first-order valence-corrected chi connectivity index (χ1v) is 6.37. The van der Waals surface area contributed by atoms with Crippen LogP contribution in [0.25, 0.3) is 0 Å². The van der Waals surface area contributed by atoms with E-state index in [0.717, 1.165) is 21.5 Å². The van der Waals surface area contributed by atoms with Crippen molar-refractivity contribution in [3.8, 4) is 11.5 Å². The van der Waals surface area contributed by atoms with Crippen molar-refractivity contribution in [2.24, 2.45) is 0 Å². The molecule has 0 amide bonds. The van der Waals surface area contributed by atoms with Gasteiger partial charge in [-0.1, -0.05) is 0 Å². The summed E-state index contributed by atoms with van der Waals surface area (Å²) in [4.78, 5) is 8.35.